The van der Waals surface area contributed by atoms with Crippen molar-refractivity contribution in [2.75, 3.05) is 23.4 Å². The molecule has 0 aromatic heterocycles. The second-order valence-electron chi connectivity index (χ2n) is 4.78. The SMILES string of the molecule is O=C(CSCCOc1ccc(Br)cc1)Nc1ccccc1OC(F)F. The molecule has 0 heterocycles. The molecule has 0 aliphatic carbocycles. The minimum absolute atomic E-state index is 0.0607. The zero-order chi connectivity index (χ0) is 18.1. The fourth-order valence-electron chi connectivity index (χ4n) is 1.87. The van der Waals surface area contributed by atoms with E-state index in [9.17, 15) is 13.6 Å². The molecule has 8 heteroatoms. The maximum absolute atomic E-state index is 12.3. The van der Waals surface area contributed by atoms with Crippen molar-refractivity contribution in [3.05, 3.63) is 53.0 Å². The average molecular weight is 432 g/mol. The van der Waals surface area contributed by atoms with Crippen LogP contribution < -0.4 is 14.8 Å². The summed E-state index contributed by atoms with van der Waals surface area (Å²) in [5.41, 5.74) is 0.222. The molecular formula is C17H16BrF2NO3S. The fourth-order valence-corrected chi connectivity index (χ4v) is 2.74. The number of ether oxygens (including phenoxy) is 2. The molecule has 0 spiro atoms. The van der Waals surface area contributed by atoms with Crippen molar-refractivity contribution in [2.45, 2.75) is 6.61 Å². The topological polar surface area (TPSA) is 47.6 Å². The molecule has 0 aliphatic heterocycles. The molecule has 2 aromatic rings. The van der Waals surface area contributed by atoms with E-state index >= 15 is 0 Å². The molecule has 134 valence electrons. The average Bonchev–Trinajstić information content (AvgIpc) is 2.57. The van der Waals surface area contributed by atoms with E-state index in [2.05, 4.69) is 26.0 Å². The van der Waals surface area contributed by atoms with Gasteiger partial charge in [-0.2, -0.15) is 8.78 Å². The van der Waals surface area contributed by atoms with Crippen molar-refractivity contribution < 1.29 is 23.0 Å². The summed E-state index contributed by atoms with van der Waals surface area (Å²) in [6.07, 6.45) is 0. The van der Waals surface area contributed by atoms with Crippen molar-refractivity contribution in [3.63, 3.8) is 0 Å². The van der Waals surface area contributed by atoms with E-state index in [1.165, 1.54) is 23.9 Å². The molecular weight excluding hydrogens is 416 g/mol. The zero-order valence-electron chi connectivity index (χ0n) is 13.1. The number of halogens is 3. The van der Waals surface area contributed by atoms with Crippen molar-refractivity contribution in [3.8, 4) is 11.5 Å². The van der Waals surface area contributed by atoms with Crippen LogP contribution in [0.15, 0.2) is 53.0 Å². The molecule has 25 heavy (non-hydrogen) atoms. The number of anilines is 1. The largest absolute Gasteiger partial charge is 0.493 e. The van der Waals surface area contributed by atoms with Gasteiger partial charge in [0.05, 0.1) is 18.0 Å². The number of amides is 1. The first-order valence-corrected chi connectivity index (χ1v) is 9.29. The van der Waals surface area contributed by atoms with Crippen molar-refractivity contribution >= 4 is 39.3 Å². The summed E-state index contributed by atoms with van der Waals surface area (Å²) < 4.78 is 35.6. The van der Waals surface area contributed by atoms with Crippen molar-refractivity contribution in [1.82, 2.24) is 0 Å². The molecule has 0 saturated heterocycles. The van der Waals surface area contributed by atoms with Gasteiger partial charge < -0.3 is 14.8 Å². The van der Waals surface area contributed by atoms with Crippen LogP contribution in [0.5, 0.6) is 11.5 Å². The van der Waals surface area contributed by atoms with Gasteiger partial charge in [-0.15, -0.1) is 11.8 Å². The molecule has 0 aliphatic rings. The first-order valence-electron chi connectivity index (χ1n) is 7.34. The van der Waals surface area contributed by atoms with E-state index in [1.807, 2.05) is 24.3 Å². The number of hydrogen-bond donors (Lipinski definition) is 1. The Hall–Kier alpha value is -1.80. The second-order valence-corrected chi connectivity index (χ2v) is 6.80. The highest BCUT2D eigenvalue weighted by Gasteiger charge is 2.11. The van der Waals surface area contributed by atoms with Crippen LogP contribution in [0.3, 0.4) is 0 Å². The van der Waals surface area contributed by atoms with Crippen LogP contribution in [0, 0.1) is 0 Å². The molecule has 0 radical (unpaired) electrons. The van der Waals surface area contributed by atoms with Crippen LogP contribution in [0.2, 0.25) is 0 Å². The second kappa shape index (κ2) is 10.2. The van der Waals surface area contributed by atoms with Gasteiger partial charge in [0.15, 0.2) is 0 Å². The summed E-state index contributed by atoms with van der Waals surface area (Å²) in [6, 6.07) is 13.5. The molecule has 0 saturated carbocycles. The minimum Gasteiger partial charge on any atom is -0.493 e. The summed E-state index contributed by atoms with van der Waals surface area (Å²) in [6.45, 7) is -2.48. The Morgan fingerprint density at radius 2 is 1.88 bits per heavy atom. The molecule has 0 atom stereocenters. The van der Waals surface area contributed by atoms with Crippen LogP contribution >= 0.6 is 27.7 Å². The highest BCUT2D eigenvalue weighted by atomic mass is 79.9. The number of alkyl halides is 2. The van der Waals surface area contributed by atoms with E-state index in [0.29, 0.717) is 12.4 Å². The molecule has 1 amide bonds. The molecule has 0 unspecified atom stereocenters. The molecule has 1 N–H and O–H groups in total. The third kappa shape index (κ3) is 7.31. The molecule has 2 rings (SSSR count). The van der Waals surface area contributed by atoms with Gasteiger partial charge in [-0.05, 0) is 36.4 Å². The molecule has 0 bridgehead atoms. The number of hydrogen-bond acceptors (Lipinski definition) is 4. The van der Waals surface area contributed by atoms with Crippen LogP contribution in [0.4, 0.5) is 14.5 Å². The van der Waals surface area contributed by atoms with Crippen molar-refractivity contribution in [1.29, 1.82) is 0 Å². The predicted octanol–water partition coefficient (Wildman–Crippen LogP) is 4.80. The fraction of sp³-hybridized carbons (Fsp3) is 0.235. The van der Waals surface area contributed by atoms with Crippen LogP contribution in [-0.2, 0) is 4.79 Å². The molecule has 2 aromatic carbocycles. The monoisotopic (exact) mass is 431 g/mol. The number of carbonyl (C=O) groups excluding carboxylic acids is 1. The van der Waals surface area contributed by atoms with Crippen LogP contribution in [0.1, 0.15) is 0 Å². The number of thioether (sulfide) groups is 1. The van der Waals surface area contributed by atoms with Crippen LogP contribution in [-0.4, -0.2) is 30.6 Å². The van der Waals surface area contributed by atoms with E-state index in [0.717, 1.165) is 10.2 Å². The van der Waals surface area contributed by atoms with E-state index < -0.39 is 6.61 Å². The Balaban J connectivity index is 1.70. The summed E-state index contributed by atoms with van der Waals surface area (Å²) in [5.74, 6) is 1.21. The zero-order valence-corrected chi connectivity index (χ0v) is 15.5. The van der Waals surface area contributed by atoms with Gasteiger partial charge in [0.1, 0.15) is 11.5 Å². The maximum Gasteiger partial charge on any atom is 0.387 e. The third-order valence-corrected chi connectivity index (χ3v) is 4.37. The summed E-state index contributed by atoms with van der Waals surface area (Å²) >= 11 is 4.73. The number of carbonyl (C=O) groups is 1. The Morgan fingerprint density at radius 1 is 1.16 bits per heavy atom. The van der Waals surface area contributed by atoms with Gasteiger partial charge in [-0.25, -0.2) is 0 Å². The number of nitrogens with one attached hydrogen (secondary N) is 1. The van der Waals surface area contributed by atoms with Crippen molar-refractivity contribution in [2.24, 2.45) is 0 Å². The number of rotatable bonds is 9. The van der Waals surface area contributed by atoms with Gasteiger partial charge in [0.25, 0.3) is 0 Å². The maximum atomic E-state index is 12.3. The van der Waals surface area contributed by atoms with E-state index in [4.69, 9.17) is 4.74 Å². The van der Waals surface area contributed by atoms with Gasteiger partial charge in [-0.1, -0.05) is 28.1 Å². The summed E-state index contributed by atoms with van der Waals surface area (Å²) in [4.78, 5) is 11.9. The predicted molar refractivity (Wildman–Crippen MR) is 98.7 cm³/mol. The lowest BCUT2D eigenvalue weighted by Gasteiger charge is -2.11. The smallest absolute Gasteiger partial charge is 0.387 e. The van der Waals surface area contributed by atoms with Gasteiger partial charge in [-0.3, -0.25) is 4.79 Å². The number of benzene rings is 2. The lowest BCUT2D eigenvalue weighted by atomic mass is 10.3. The van der Waals surface area contributed by atoms with E-state index in [1.54, 1.807) is 12.1 Å². The summed E-state index contributed by atoms with van der Waals surface area (Å²) in [5, 5.41) is 2.57. The van der Waals surface area contributed by atoms with Crippen LogP contribution in [0.25, 0.3) is 0 Å². The van der Waals surface area contributed by atoms with Gasteiger partial charge in [0.2, 0.25) is 5.91 Å². The van der Waals surface area contributed by atoms with Gasteiger partial charge in [0, 0.05) is 10.2 Å². The minimum atomic E-state index is -2.94. The highest BCUT2D eigenvalue weighted by molar-refractivity contribution is 9.10. The standard InChI is InChI=1S/C17H16BrF2NO3S/c18-12-5-7-13(8-6-12)23-9-10-25-11-16(22)21-14-3-1-2-4-15(14)24-17(19)20/h1-8,17H,9-11H2,(H,21,22). The normalized spacial score (nSPS) is 10.6. The third-order valence-electron chi connectivity index (χ3n) is 2.92. The lowest BCUT2D eigenvalue weighted by Crippen LogP contribution is -2.16. The Bertz CT molecular complexity index is 686. The highest BCUT2D eigenvalue weighted by Crippen LogP contribution is 2.25. The Labute approximate surface area is 157 Å². The van der Waals surface area contributed by atoms with E-state index in [-0.39, 0.29) is 23.1 Å². The number of para-hydroxylation sites is 2. The molecule has 4 nitrogen and oxygen atoms in total. The Morgan fingerprint density at radius 3 is 2.60 bits per heavy atom. The lowest BCUT2D eigenvalue weighted by molar-refractivity contribution is -0.113. The first kappa shape index (κ1) is 19.5. The summed E-state index contributed by atoms with van der Waals surface area (Å²) in [7, 11) is 0. The van der Waals surface area contributed by atoms with Gasteiger partial charge >= 0.3 is 6.61 Å². The molecule has 0 fully saturated rings. The first-order chi connectivity index (χ1) is 12.0. The Kier molecular flexibility index (Phi) is 8.00. The quantitative estimate of drug-likeness (QED) is 0.579.